The van der Waals surface area contributed by atoms with E-state index in [1.54, 1.807) is 12.1 Å². The number of nitrogens with one attached hydrogen (secondary N) is 2. The number of ether oxygens (including phenoxy) is 1. The molecule has 0 aliphatic rings. The monoisotopic (exact) mass is 584 g/mol. The molecular formula is C35H44N4O4. The molecule has 228 valence electrons. The third-order valence-electron chi connectivity index (χ3n) is 7.58. The SMILES string of the molecule is CCCCCCCCNC(=O)CNc1ccc2nc(CCCC)n(Cc3ccc(-c4ccccc4OC(=O)O)cc3)c2c1. The maximum absolute atomic E-state index is 12.4. The van der Waals surface area contributed by atoms with Crippen molar-refractivity contribution in [2.45, 2.75) is 78.2 Å². The molecule has 3 aromatic carbocycles. The van der Waals surface area contributed by atoms with Crippen molar-refractivity contribution in [2.75, 3.05) is 18.4 Å². The molecule has 0 radical (unpaired) electrons. The number of carboxylic acid groups (broad SMARTS) is 1. The molecule has 0 bridgehead atoms. The van der Waals surface area contributed by atoms with E-state index in [2.05, 4.69) is 47.2 Å². The Bertz CT molecular complexity index is 1480. The highest BCUT2D eigenvalue weighted by molar-refractivity contribution is 5.84. The number of benzene rings is 3. The summed E-state index contributed by atoms with van der Waals surface area (Å²) in [6.07, 6.45) is 8.88. The van der Waals surface area contributed by atoms with Gasteiger partial charge in [0.25, 0.3) is 0 Å². The Labute approximate surface area is 254 Å². The Balaban J connectivity index is 1.44. The molecule has 43 heavy (non-hydrogen) atoms. The van der Waals surface area contributed by atoms with Crippen LogP contribution in [0, 0.1) is 0 Å². The largest absolute Gasteiger partial charge is 0.511 e. The van der Waals surface area contributed by atoms with E-state index in [1.807, 2.05) is 36.4 Å². The van der Waals surface area contributed by atoms with E-state index >= 15 is 0 Å². The number of fused-ring (bicyclic) bond motifs is 1. The molecule has 1 aromatic heterocycles. The van der Waals surface area contributed by atoms with E-state index in [4.69, 9.17) is 14.8 Å². The van der Waals surface area contributed by atoms with Crippen LogP contribution in [0.5, 0.6) is 5.75 Å². The number of imidazole rings is 1. The van der Waals surface area contributed by atoms with Crippen LogP contribution in [-0.4, -0.2) is 39.8 Å². The van der Waals surface area contributed by atoms with E-state index in [-0.39, 0.29) is 12.5 Å². The Hall–Kier alpha value is -4.33. The van der Waals surface area contributed by atoms with E-state index < -0.39 is 6.16 Å². The highest BCUT2D eigenvalue weighted by Gasteiger charge is 2.14. The van der Waals surface area contributed by atoms with Crippen LogP contribution in [0.3, 0.4) is 0 Å². The second-order valence-corrected chi connectivity index (χ2v) is 11.0. The number of rotatable bonds is 17. The molecule has 0 saturated carbocycles. The van der Waals surface area contributed by atoms with Gasteiger partial charge < -0.3 is 25.0 Å². The van der Waals surface area contributed by atoms with Crippen LogP contribution in [-0.2, 0) is 17.8 Å². The zero-order valence-electron chi connectivity index (χ0n) is 25.4. The van der Waals surface area contributed by atoms with Gasteiger partial charge in [0, 0.05) is 30.8 Å². The molecule has 1 amide bonds. The minimum atomic E-state index is -1.33. The molecule has 3 N–H and O–H groups in total. The zero-order valence-corrected chi connectivity index (χ0v) is 25.4. The Morgan fingerprint density at radius 3 is 2.40 bits per heavy atom. The molecule has 8 nitrogen and oxygen atoms in total. The second-order valence-electron chi connectivity index (χ2n) is 11.0. The van der Waals surface area contributed by atoms with Gasteiger partial charge in [-0.15, -0.1) is 0 Å². The lowest BCUT2D eigenvalue weighted by atomic mass is 10.0. The number of nitrogens with zero attached hydrogens (tertiary/aromatic N) is 2. The van der Waals surface area contributed by atoms with Crippen molar-refractivity contribution >= 4 is 28.8 Å². The first-order valence-electron chi connectivity index (χ1n) is 15.6. The lowest BCUT2D eigenvalue weighted by Crippen LogP contribution is -2.30. The minimum Gasteiger partial charge on any atom is -0.449 e. The number of hydrogen-bond donors (Lipinski definition) is 3. The van der Waals surface area contributed by atoms with Crippen LogP contribution >= 0.6 is 0 Å². The van der Waals surface area contributed by atoms with Crippen molar-refractivity contribution < 1.29 is 19.4 Å². The Morgan fingerprint density at radius 1 is 0.884 bits per heavy atom. The van der Waals surface area contributed by atoms with Gasteiger partial charge in [-0.3, -0.25) is 4.79 Å². The van der Waals surface area contributed by atoms with Crippen molar-refractivity contribution in [2.24, 2.45) is 0 Å². The third kappa shape index (κ3) is 9.33. The summed E-state index contributed by atoms with van der Waals surface area (Å²) in [5, 5.41) is 15.4. The van der Waals surface area contributed by atoms with Gasteiger partial charge in [-0.25, -0.2) is 9.78 Å². The number of carbonyl (C=O) groups excluding carboxylic acids is 1. The van der Waals surface area contributed by atoms with Crippen LogP contribution in [0.1, 0.15) is 76.6 Å². The van der Waals surface area contributed by atoms with Gasteiger partial charge in [0.2, 0.25) is 5.91 Å². The zero-order chi connectivity index (χ0) is 30.4. The van der Waals surface area contributed by atoms with Gasteiger partial charge >= 0.3 is 6.16 Å². The van der Waals surface area contributed by atoms with Crippen molar-refractivity contribution in [1.82, 2.24) is 14.9 Å². The first kappa shape index (κ1) is 31.6. The number of hydrogen-bond acceptors (Lipinski definition) is 5. The van der Waals surface area contributed by atoms with Crippen LogP contribution in [0.25, 0.3) is 22.2 Å². The number of carbonyl (C=O) groups is 2. The molecule has 0 spiro atoms. The lowest BCUT2D eigenvalue weighted by molar-refractivity contribution is -0.119. The summed E-state index contributed by atoms with van der Waals surface area (Å²) in [4.78, 5) is 28.5. The van der Waals surface area contributed by atoms with Gasteiger partial charge in [-0.2, -0.15) is 0 Å². The van der Waals surface area contributed by atoms with Crippen LogP contribution in [0.15, 0.2) is 66.7 Å². The lowest BCUT2D eigenvalue weighted by Gasteiger charge is -2.12. The predicted molar refractivity (Wildman–Crippen MR) is 173 cm³/mol. The summed E-state index contributed by atoms with van der Waals surface area (Å²) in [5.74, 6) is 1.34. The maximum atomic E-state index is 12.4. The van der Waals surface area contributed by atoms with E-state index in [9.17, 15) is 9.59 Å². The number of anilines is 1. The summed E-state index contributed by atoms with van der Waals surface area (Å²) < 4.78 is 7.23. The minimum absolute atomic E-state index is 0.00113. The number of aryl methyl sites for hydroxylation is 1. The topological polar surface area (TPSA) is 105 Å². The molecule has 4 aromatic rings. The number of aromatic nitrogens is 2. The second kappa shape index (κ2) is 16.3. The van der Waals surface area contributed by atoms with Crippen molar-refractivity contribution in [3.05, 3.63) is 78.1 Å². The predicted octanol–water partition coefficient (Wildman–Crippen LogP) is 8.04. The standard InChI is InChI=1S/C35H44N4O4/c1-3-5-7-8-9-12-22-36-34(40)24-37-28-20-21-30-31(23-28)39(33(38-30)15-6-4-2)25-26-16-18-27(19-17-26)29-13-10-11-14-32(29)43-35(41)42/h10-11,13-14,16-21,23,37H,3-9,12,15,22,24-25H2,1-2H3,(H,36,40)(H,41,42). The van der Waals surface area contributed by atoms with Gasteiger partial charge in [0.1, 0.15) is 11.6 Å². The molecule has 0 unspecified atom stereocenters. The summed E-state index contributed by atoms with van der Waals surface area (Å²) in [5.41, 5.74) is 5.54. The van der Waals surface area contributed by atoms with E-state index in [0.29, 0.717) is 12.3 Å². The maximum Gasteiger partial charge on any atom is 0.511 e. The van der Waals surface area contributed by atoms with Crippen LogP contribution < -0.4 is 15.4 Å². The molecule has 0 aliphatic heterocycles. The summed E-state index contributed by atoms with van der Waals surface area (Å²) in [7, 11) is 0. The van der Waals surface area contributed by atoms with Crippen molar-refractivity contribution in [3.63, 3.8) is 0 Å². The van der Waals surface area contributed by atoms with Gasteiger partial charge in [-0.05, 0) is 48.2 Å². The normalized spacial score (nSPS) is 11.0. The van der Waals surface area contributed by atoms with Crippen molar-refractivity contribution in [3.8, 4) is 16.9 Å². The first-order valence-corrected chi connectivity index (χ1v) is 15.6. The molecule has 0 atom stereocenters. The smallest absolute Gasteiger partial charge is 0.449 e. The first-order chi connectivity index (χ1) is 21.0. The number of unbranched alkanes of at least 4 members (excludes halogenated alkanes) is 6. The quantitative estimate of drug-likeness (QED) is 0.0659. The highest BCUT2D eigenvalue weighted by atomic mass is 16.7. The Kier molecular flexibility index (Phi) is 12.0. The fourth-order valence-electron chi connectivity index (χ4n) is 5.22. The van der Waals surface area contributed by atoms with E-state index in [1.165, 1.54) is 25.7 Å². The molecule has 0 saturated heterocycles. The average Bonchev–Trinajstić information content (AvgIpc) is 3.35. The van der Waals surface area contributed by atoms with Crippen LogP contribution in [0.2, 0.25) is 0 Å². The van der Waals surface area contributed by atoms with Crippen LogP contribution in [0.4, 0.5) is 10.5 Å². The van der Waals surface area contributed by atoms with Gasteiger partial charge in [-0.1, -0.05) is 94.8 Å². The fraction of sp³-hybridized carbons (Fsp3) is 0.400. The van der Waals surface area contributed by atoms with Crippen molar-refractivity contribution in [1.29, 1.82) is 0 Å². The Morgan fingerprint density at radius 2 is 1.63 bits per heavy atom. The average molecular weight is 585 g/mol. The number of para-hydroxylation sites is 1. The third-order valence-corrected chi connectivity index (χ3v) is 7.58. The number of amides is 1. The summed E-state index contributed by atoms with van der Waals surface area (Å²) in [6.45, 7) is 5.99. The van der Waals surface area contributed by atoms with Gasteiger partial charge in [0.15, 0.2) is 0 Å². The molecule has 4 rings (SSSR count). The molecule has 1 heterocycles. The van der Waals surface area contributed by atoms with Gasteiger partial charge in [0.05, 0.1) is 17.6 Å². The molecular weight excluding hydrogens is 540 g/mol. The van der Waals surface area contributed by atoms with E-state index in [0.717, 1.165) is 77.9 Å². The molecule has 0 aliphatic carbocycles. The fourth-order valence-corrected chi connectivity index (χ4v) is 5.22. The highest BCUT2D eigenvalue weighted by Crippen LogP contribution is 2.31. The summed E-state index contributed by atoms with van der Waals surface area (Å²) >= 11 is 0. The summed E-state index contributed by atoms with van der Waals surface area (Å²) in [6, 6.07) is 21.3. The molecule has 8 heteroatoms. The molecule has 0 fully saturated rings.